The monoisotopic (exact) mass is 263 g/mol. The maximum atomic E-state index is 6.10. The van der Waals surface area contributed by atoms with Gasteiger partial charge in [0.05, 0.1) is 5.56 Å². The fourth-order valence-electron chi connectivity index (χ4n) is 2.66. The van der Waals surface area contributed by atoms with E-state index in [0.29, 0.717) is 6.10 Å². The zero-order valence-electron chi connectivity index (χ0n) is 12.4. The highest BCUT2D eigenvalue weighted by Crippen LogP contribution is 2.32. The third-order valence-electron chi connectivity index (χ3n) is 4.21. The third-order valence-corrected chi connectivity index (χ3v) is 4.21. The molecule has 3 unspecified atom stereocenters. The molecular formula is C15H25N3O. The first kappa shape index (κ1) is 14.1. The van der Waals surface area contributed by atoms with E-state index in [0.717, 1.165) is 48.5 Å². The lowest BCUT2D eigenvalue weighted by Gasteiger charge is -2.32. The van der Waals surface area contributed by atoms with Gasteiger partial charge in [0.2, 0.25) is 5.88 Å². The first-order chi connectivity index (χ1) is 9.11. The number of nitrogens with zero attached hydrogens (tertiary/aromatic N) is 2. The standard InChI is InChI=1S/C15H25N3O/c1-5-16-14-12(4)15(18-9-17-14)19-13-7-6-10(2)11(3)8-13/h9-11,13H,5-8H2,1-4H3,(H,16,17,18). The Hall–Kier alpha value is -1.32. The van der Waals surface area contributed by atoms with Gasteiger partial charge in [0.25, 0.3) is 0 Å². The number of ether oxygens (including phenoxy) is 1. The number of nitrogens with one attached hydrogen (secondary N) is 1. The molecule has 0 amide bonds. The van der Waals surface area contributed by atoms with Crippen LogP contribution in [0.25, 0.3) is 0 Å². The van der Waals surface area contributed by atoms with Gasteiger partial charge in [-0.25, -0.2) is 9.97 Å². The molecule has 1 N–H and O–H groups in total. The minimum Gasteiger partial charge on any atom is -0.474 e. The Kier molecular flexibility index (Phi) is 4.61. The van der Waals surface area contributed by atoms with Crippen LogP contribution in [0.1, 0.15) is 45.6 Å². The van der Waals surface area contributed by atoms with Gasteiger partial charge in [-0.3, -0.25) is 0 Å². The molecule has 4 nitrogen and oxygen atoms in total. The third kappa shape index (κ3) is 3.37. The second-order valence-electron chi connectivity index (χ2n) is 5.69. The van der Waals surface area contributed by atoms with Crippen molar-refractivity contribution in [3.05, 3.63) is 11.9 Å². The summed E-state index contributed by atoms with van der Waals surface area (Å²) in [4.78, 5) is 8.53. The van der Waals surface area contributed by atoms with Crippen LogP contribution in [0.15, 0.2) is 6.33 Å². The van der Waals surface area contributed by atoms with Gasteiger partial charge in [-0.2, -0.15) is 0 Å². The summed E-state index contributed by atoms with van der Waals surface area (Å²) >= 11 is 0. The summed E-state index contributed by atoms with van der Waals surface area (Å²) in [5, 5.41) is 3.24. The number of anilines is 1. The van der Waals surface area contributed by atoms with Gasteiger partial charge in [0.15, 0.2) is 0 Å². The summed E-state index contributed by atoms with van der Waals surface area (Å²) in [6.45, 7) is 9.58. The van der Waals surface area contributed by atoms with E-state index in [1.807, 2.05) is 6.92 Å². The SMILES string of the molecule is CCNc1ncnc(OC2CCC(C)C(C)C2)c1C. The molecule has 106 valence electrons. The van der Waals surface area contributed by atoms with E-state index in [-0.39, 0.29) is 0 Å². The molecule has 1 fully saturated rings. The van der Waals surface area contributed by atoms with E-state index in [4.69, 9.17) is 4.74 Å². The highest BCUT2D eigenvalue weighted by molar-refractivity contribution is 5.47. The highest BCUT2D eigenvalue weighted by Gasteiger charge is 2.26. The number of aromatic nitrogens is 2. The smallest absolute Gasteiger partial charge is 0.221 e. The second-order valence-corrected chi connectivity index (χ2v) is 5.69. The van der Waals surface area contributed by atoms with E-state index in [1.165, 1.54) is 6.42 Å². The van der Waals surface area contributed by atoms with Crippen molar-refractivity contribution in [2.24, 2.45) is 11.8 Å². The van der Waals surface area contributed by atoms with Crippen LogP contribution in [0.4, 0.5) is 5.82 Å². The summed E-state index contributed by atoms with van der Waals surface area (Å²) in [7, 11) is 0. The van der Waals surface area contributed by atoms with Gasteiger partial charge in [0, 0.05) is 6.54 Å². The van der Waals surface area contributed by atoms with Crippen molar-refractivity contribution in [3.8, 4) is 5.88 Å². The van der Waals surface area contributed by atoms with E-state index in [1.54, 1.807) is 6.33 Å². The summed E-state index contributed by atoms with van der Waals surface area (Å²) in [5.74, 6) is 3.15. The predicted molar refractivity (Wildman–Crippen MR) is 77.5 cm³/mol. The largest absolute Gasteiger partial charge is 0.474 e. The molecule has 1 aromatic rings. The van der Waals surface area contributed by atoms with Crippen LogP contribution in [0.5, 0.6) is 5.88 Å². The Morgan fingerprint density at radius 3 is 2.74 bits per heavy atom. The average Bonchev–Trinajstić information content (AvgIpc) is 2.39. The van der Waals surface area contributed by atoms with Gasteiger partial charge < -0.3 is 10.1 Å². The highest BCUT2D eigenvalue weighted by atomic mass is 16.5. The van der Waals surface area contributed by atoms with Crippen LogP contribution in [0.2, 0.25) is 0 Å². The molecule has 2 rings (SSSR count). The van der Waals surface area contributed by atoms with Crippen molar-refractivity contribution in [3.63, 3.8) is 0 Å². The first-order valence-corrected chi connectivity index (χ1v) is 7.34. The van der Waals surface area contributed by atoms with E-state index < -0.39 is 0 Å². The van der Waals surface area contributed by atoms with Crippen LogP contribution in [-0.2, 0) is 0 Å². The summed E-state index contributed by atoms with van der Waals surface area (Å²) in [6, 6.07) is 0. The fraction of sp³-hybridized carbons (Fsp3) is 0.733. The molecule has 0 aromatic carbocycles. The van der Waals surface area contributed by atoms with Crippen molar-refractivity contribution < 1.29 is 4.74 Å². The van der Waals surface area contributed by atoms with Gasteiger partial charge in [-0.15, -0.1) is 0 Å². The Balaban J connectivity index is 2.05. The van der Waals surface area contributed by atoms with Crippen molar-refractivity contribution in [1.29, 1.82) is 0 Å². The lowest BCUT2D eigenvalue weighted by molar-refractivity contribution is 0.0957. The van der Waals surface area contributed by atoms with E-state index in [2.05, 4.69) is 36.1 Å². The van der Waals surface area contributed by atoms with Gasteiger partial charge in [-0.1, -0.05) is 13.8 Å². The number of hydrogen-bond donors (Lipinski definition) is 1. The Labute approximate surface area is 116 Å². The molecule has 1 heterocycles. The van der Waals surface area contributed by atoms with Crippen LogP contribution >= 0.6 is 0 Å². The number of rotatable bonds is 4. The topological polar surface area (TPSA) is 47.0 Å². The minimum absolute atomic E-state index is 0.300. The minimum atomic E-state index is 0.300. The van der Waals surface area contributed by atoms with Crippen LogP contribution < -0.4 is 10.1 Å². The summed E-state index contributed by atoms with van der Waals surface area (Å²) in [5.41, 5.74) is 1.01. The molecule has 0 bridgehead atoms. The molecule has 3 atom stereocenters. The van der Waals surface area contributed by atoms with E-state index in [9.17, 15) is 0 Å². The predicted octanol–water partition coefficient (Wildman–Crippen LogP) is 3.42. The second kappa shape index (κ2) is 6.22. The quantitative estimate of drug-likeness (QED) is 0.904. The average molecular weight is 263 g/mol. The molecule has 0 spiro atoms. The Bertz CT molecular complexity index is 422. The zero-order chi connectivity index (χ0) is 13.8. The molecule has 19 heavy (non-hydrogen) atoms. The molecule has 4 heteroatoms. The van der Waals surface area contributed by atoms with Crippen molar-refractivity contribution >= 4 is 5.82 Å². The van der Waals surface area contributed by atoms with Crippen molar-refractivity contribution in [2.45, 2.75) is 53.1 Å². The van der Waals surface area contributed by atoms with Gasteiger partial charge >= 0.3 is 0 Å². The van der Waals surface area contributed by atoms with Crippen molar-refractivity contribution in [2.75, 3.05) is 11.9 Å². The lowest BCUT2D eigenvalue weighted by Crippen LogP contribution is -2.29. The molecule has 0 aliphatic heterocycles. The normalized spacial score (nSPS) is 27.1. The Morgan fingerprint density at radius 1 is 1.26 bits per heavy atom. The fourth-order valence-corrected chi connectivity index (χ4v) is 2.66. The van der Waals surface area contributed by atoms with Gasteiger partial charge in [0.1, 0.15) is 18.2 Å². The van der Waals surface area contributed by atoms with Crippen LogP contribution in [0, 0.1) is 18.8 Å². The molecule has 1 aliphatic rings. The molecule has 1 aliphatic carbocycles. The summed E-state index contributed by atoms with van der Waals surface area (Å²) in [6.07, 6.45) is 5.38. The molecular weight excluding hydrogens is 238 g/mol. The summed E-state index contributed by atoms with van der Waals surface area (Å²) < 4.78 is 6.10. The Morgan fingerprint density at radius 2 is 2.05 bits per heavy atom. The molecule has 0 radical (unpaired) electrons. The van der Waals surface area contributed by atoms with Gasteiger partial charge in [-0.05, 0) is 44.9 Å². The first-order valence-electron chi connectivity index (χ1n) is 7.34. The lowest BCUT2D eigenvalue weighted by atomic mass is 9.80. The maximum absolute atomic E-state index is 6.10. The van der Waals surface area contributed by atoms with E-state index >= 15 is 0 Å². The van der Waals surface area contributed by atoms with Crippen LogP contribution in [0.3, 0.4) is 0 Å². The maximum Gasteiger partial charge on any atom is 0.221 e. The molecule has 1 aromatic heterocycles. The number of hydrogen-bond acceptors (Lipinski definition) is 4. The molecule has 1 saturated carbocycles. The van der Waals surface area contributed by atoms with Crippen molar-refractivity contribution in [1.82, 2.24) is 9.97 Å². The van der Waals surface area contributed by atoms with Crippen LogP contribution in [-0.4, -0.2) is 22.6 Å². The molecule has 0 saturated heterocycles. The zero-order valence-corrected chi connectivity index (χ0v) is 12.4.